The SMILES string of the molecule is COC(=O)c1c(C)n(-c2ccccc2)c(C)cc1=O.O=C1CCC(=O)N1c1ccccc1.O=C1NC(=O)C2C1CC(Cc1cccnc1)=C1CN(C(=O)c3ccc(O)cc3)C(c3ccccc3)C12.On1ccnc1-c1ccccc1. The number of ether oxygens (including phenoxy) is 1. The summed E-state index contributed by atoms with van der Waals surface area (Å²) in [5.41, 5.74) is 8.20. The summed E-state index contributed by atoms with van der Waals surface area (Å²) in [4.78, 5) is 97.3. The molecule has 17 nitrogen and oxygen atoms in total. The predicted octanol–water partition coefficient (Wildman–Crippen LogP) is 8.80. The molecule has 404 valence electrons. The van der Waals surface area contributed by atoms with Crippen LogP contribution in [0.4, 0.5) is 5.69 Å². The Labute approximate surface area is 461 Å². The first-order chi connectivity index (χ1) is 38.7. The van der Waals surface area contributed by atoms with E-state index in [0.717, 1.165) is 43.9 Å². The molecule has 3 N–H and O–H groups in total. The van der Waals surface area contributed by atoms with Crippen molar-refractivity contribution in [1.82, 2.24) is 29.5 Å². The highest BCUT2D eigenvalue weighted by molar-refractivity contribution is 6.19. The van der Waals surface area contributed by atoms with Gasteiger partial charge in [-0.3, -0.25) is 44.0 Å². The van der Waals surface area contributed by atoms with Crippen molar-refractivity contribution < 1.29 is 43.8 Å². The van der Waals surface area contributed by atoms with E-state index in [2.05, 4.69) is 20.0 Å². The highest BCUT2D eigenvalue weighted by Gasteiger charge is 2.57. The molecule has 4 atom stereocenters. The van der Waals surface area contributed by atoms with Crippen molar-refractivity contribution in [3.63, 3.8) is 0 Å². The number of carbonyl (C=O) groups is 6. The van der Waals surface area contributed by atoms with E-state index in [1.807, 2.05) is 144 Å². The molecular formula is C63H57N7O10. The topological polar surface area (TPSA) is 223 Å². The lowest BCUT2D eigenvalue weighted by Crippen LogP contribution is -2.37. The van der Waals surface area contributed by atoms with Gasteiger partial charge in [-0.1, -0.05) is 109 Å². The number of methoxy groups -OCH3 is 1. The third-order valence-corrected chi connectivity index (χ3v) is 14.5. The highest BCUT2D eigenvalue weighted by Crippen LogP contribution is 2.54. The second-order valence-electron chi connectivity index (χ2n) is 19.4. The zero-order valence-corrected chi connectivity index (χ0v) is 44.1. The molecule has 17 heteroatoms. The Kier molecular flexibility index (Phi) is 16.8. The van der Waals surface area contributed by atoms with Crippen molar-refractivity contribution in [3.8, 4) is 22.8 Å². The molecule has 0 radical (unpaired) electrons. The van der Waals surface area contributed by atoms with Gasteiger partial charge in [-0.05, 0) is 98.0 Å². The molecule has 5 amide bonds. The number of pyridine rings is 2. The van der Waals surface area contributed by atoms with Gasteiger partial charge in [0, 0.05) is 78.2 Å². The Morgan fingerprint density at radius 1 is 0.713 bits per heavy atom. The van der Waals surface area contributed by atoms with E-state index in [9.17, 15) is 43.9 Å². The highest BCUT2D eigenvalue weighted by atomic mass is 16.5. The van der Waals surface area contributed by atoms with Crippen LogP contribution in [0, 0.1) is 31.6 Å². The molecule has 80 heavy (non-hydrogen) atoms. The molecule has 0 spiro atoms. The molecule has 3 aliphatic heterocycles. The van der Waals surface area contributed by atoms with Gasteiger partial charge in [0.2, 0.25) is 23.6 Å². The molecule has 6 heterocycles. The van der Waals surface area contributed by atoms with Crippen LogP contribution in [0.2, 0.25) is 0 Å². The second kappa shape index (κ2) is 24.5. The molecule has 3 fully saturated rings. The average molecular weight is 1070 g/mol. The van der Waals surface area contributed by atoms with Crippen LogP contribution in [0.1, 0.15) is 68.5 Å². The van der Waals surface area contributed by atoms with E-state index >= 15 is 0 Å². The van der Waals surface area contributed by atoms with Gasteiger partial charge in [0.1, 0.15) is 11.3 Å². The summed E-state index contributed by atoms with van der Waals surface area (Å²) in [6, 6.07) is 49.0. The van der Waals surface area contributed by atoms with Crippen LogP contribution in [0.3, 0.4) is 0 Å². The Morgan fingerprint density at radius 2 is 1.32 bits per heavy atom. The molecule has 4 aliphatic rings. The smallest absolute Gasteiger partial charge is 0.343 e. The Bertz CT molecular complexity index is 3630. The van der Waals surface area contributed by atoms with Gasteiger partial charge in [-0.25, -0.2) is 9.78 Å². The number of allylic oxidation sites excluding steroid dienone is 1. The third-order valence-electron chi connectivity index (χ3n) is 14.5. The fourth-order valence-corrected chi connectivity index (χ4v) is 10.9. The van der Waals surface area contributed by atoms with Crippen molar-refractivity contribution in [1.29, 1.82) is 0 Å². The van der Waals surface area contributed by atoms with E-state index in [4.69, 9.17) is 0 Å². The second-order valence-corrected chi connectivity index (χ2v) is 19.4. The van der Waals surface area contributed by atoms with Crippen molar-refractivity contribution in [2.75, 3.05) is 18.6 Å². The molecule has 1 aliphatic carbocycles. The van der Waals surface area contributed by atoms with E-state index < -0.39 is 23.8 Å². The Morgan fingerprint density at radius 3 is 1.91 bits per heavy atom. The maximum Gasteiger partial charge on any atom is 0.343 e. The number of aromatic nitrogens is 4. The summed E-state index contributed by atoms with van der Waals surface area (Å²) in [5.74, 6) is -2.09. The Balaban J connectivity index is 0.000000146. The first kappa shape index (κ1) is 54.7. The zero-order chi connectivity index (χ0) is 56.5. The summed E-state index contributed by atoms with van der Waals surface area (Å²) in [5, 5.41) is 21.5. The minimum Gasteiger partial charge on any atom is -0.508 e. The summed E-state index contributed by atoms with van der Waals surface area (Å²) in [6.45, 7) is 3.96. The minimum atomic E-state index is -0.604. The van der Waals surface area contributed by atoms with E-state index in [1.54, 1.807) is 43.6 Å². The summed E-state index contributed by atoms with van der Waals surface area (Å²) in [7, 11) is 1.27. The number of aromatic hydroxyl groups is 1. The molecule has 0 bridgehead atoms. The van der Waals surface area contributed by atoms with E-state index in [1.165, 1.54) is 36.4 Å². The van der Waals surface area contributed by atoms with E-state index in [0.29, 0.717) is 55.0 Å². The number of esters is 1. The largest absolute Gasteiger partial charge is 0.508 e. The number of benzene rings is 5. The fraction of sp³-hybridized carbons (Fsp3) is 0.190. The predicted molar refractivity (Wildman–Crippen MR) is 297 cm³/mol. The molecule has 3 saturated heterocycles. The summed E-state index contributed by atoms with van der Waals surface area (Å²) in [6.07, 6.45) is 8.39. The summed E-state index contributed by atoms with van der Waals surface area (Å²) >= 11 is 0. The molecule has 0 saturated carbocycles. The summed E-state index contributed by atoms with van der Waals surface area (Å²) < 4.78 is 7.55. The van der Waals surface area contributed by atoms with Gasteiger partial charge in [-0.15, -0.1) is 0 Å². The lowest BCUT2D eigenvalue weighted by atomic mass is 9.67. The van der Waals surface area contributed by atoms with E-state index in [-0.39, 0.29) is 52.2 Å². The van der Waals surface area contributed by atoms with Crippen LogP contribution >= 0.6 is 0 Å². The van der Waals surface area contributed by atoms with Gasteiger partial charge in [0.05, 0.1) is 36.9 Å². The van der Waals surface area contributed by atoms with Crippen molar-refractivity contribution in [2.45, 2.75) is 45.6 Å². The van der Waals surface area contributed by atoms with Gasteiger partial charge < -0.3 is 24.5 Å². The number of phenols is 1. The Hall–Kier alpha value is -10.0. The molecule has 4 unspecified atom stereocenters. The fourth-order valence-electron chi connectivity index (χ4n) is 10.9. The number of hydrogen-bond donors (Lipinski definition) is 3. The maximum atomic E-state index is 13.8. The number of likely N-dealkylation sites (tertiary alicyclic amines) is 1. The van der Waals surface area contributed by atoms with Gasteiger partial charge in [0.25, 0.3) is 5.91 Å². The molecule has 3 aromatic heterocycles. The number of rotatable bonds is 8. The number of para-hydroxylation sites is 2. The van der Waals surface area contributed by atoms with Crippen LogP contribution < -0.4 is 15.6 Å². The number of fused-ring (bicyclic) bond motifs is 3. The van der Waals surface area contributed by atoms with Gasteiger partial charge in [0.15, 0.2) is 11.3 Å². The third kappa shape index (κ3) is 11.8. The quantitative estimate of drug-likeness (QED) is 0.0562. The number of phenolic OH excluding ortho intramolecular Hbond substituents is 1. The monoisotopic (exact) mass is 1070 g/mol. The van der Waals surface area contributed by atoms with Crippen LogP contribution in [-0.2, 0) is 30.3 Å². The number of carbonyl (C=O) groups excluding carboxylic acids is 6. The average Bonchev–Trinajstić information content (AvgIpc) is 4.35. The number of aryl methyl sites for hydroxylation is 1. The van der Waals surface area contributed by atoms with Crippen LogP contribution in [0.25, 0.3) is 17.1 Å². The van der Waals surface area contributed by atoms with Crippen molar-refractivity contribution >= 4 is 41.2 Å². The number of anilines is 1. The van der Waals surface area contributed by atoms with Crippen molar-refractivity contribution in [2.24, 2.45) is 17.8 Å². The number of hydrogen-bond acceptors (Lipinski definition) is 12. The number of imidazole rings is 1. The zero-order valence-electron chi connectivity index (χ0n) is 44.1. The minimum absolute atomic E-state index is 0.0805. The van der Waals surface area contributed by atoms with Crippen LogP contribution in [-0.4, -0.2) is 83.6 Å². The lowest BCUT2D eigenvalue weighted by molar-refractivity contribution is -0.126. The van der Waals surface area contributed by atoms with Gasteiger partial charge >= 0.3 is 5.97 Å². The maximum absolute atomic E-state index is 13.8. The lowest BCUT2D eigenvalue weighted by Gasteiger charge is -2.35. The molecule has 8 aromatic rings. The normalized spacial score (nSPS) is 17.9. The van der Waals surface area contributed by atoms with Crippen molar-refractivity contribution in [3.05, 3.63) is 244 Å². The number of amides is 5. The standard InChI is InChI=1S/C29H25N3O4.C15H15NO3.C10H9NO2.C9H8N2O/c33-21-10-8-19(9-11-21)29(36)32-16-23-20(13-17-5-4-12-30-15-17)14-22-25(28(35)31-27(22)34)24(23)26(32)18-6-2-1-3-7-18;1-10-9-13(17)14(15(18)19-3)11(2)16(10)12-7-5-4-6-8-12;12-9-6-7-10(13)11(9)8-4-2-1-3-5-8;12-11-7-6-10-9(11)8-4-2-1-3-5-8/h1-12,15,22,24-26,33H,13-14,16H2,(H,31,34,35);4-9H,1-3H3;1-5H,6-7H2;1-7,12H. The molecule has 12 rings (SSSR count). The first-order valence-electron chi connectivity index (χ1n) is 25.9. The van der Waals surface area contributed by atoms with Crippen LogP contribution in [0.5, 0.6) is 5.75 Å². The molecular weight excluding hydrogens is 1010 g/mol. The first-order valence-corrected chi connectivity index (χ1v) is 25.9. The van der Waals surface area contributed by atoms with Crippen LogP contribution in [0.15, 0.2) is 205 Å². The van der Waals surface area contributed by atoms with Gasteiger partial charge in [-0.2, -0.15) is 4.73 Å². The number of imide groups is 2. The molecule has 5 aromatic carbocycles. The number of nitrogens with zero attached hydrogens (tertiary/aromatic N) is 6. The number of nitrogens with one attached hydrogen (secondary N) is 1.